The third kappa shape index (κ3) is 3.20. The number of fused-ring (bicyclic) bond motifs is 3. The van der Waals surface area contributed by atoms with Crippen molar-refractivity contribution >= 4 is 23.0 Å². The van der Waals surface area contributed by atoms with Crippen molar-refractivity contribution in [1.29, 1.82) is 0 Å². The van der Waals surface area contributed by atoms with Crippen LogP contribution >= 0.6 is 11.6 Å². The Hall–Kier alpha value is -1.67. The molecule has 2 nitrogen and oxygen atoms in total. The smallest absolute Gasteiger partial charge is 0.0967 e. The lowest BCUT2D eigenvalue weighted by Gasteiger charge is -2.37. The Morgan fingerprint density at radius 3 is 2.08 bits per heavy atom. The van der Waals surface area contributed by atoms with Gasteiger partial charge in [-0.25, -0.2) is 0 Å². The zero-order valence-corrected chi connectivity index (χ0v) is 15.9. The molecule has 2 bridgehead atoms. The molecule has 1 heterocycles. The van der Waals surface area contributed by atoms with Gasteiger partial charge < -0.3 is 10.6 Å². The van der Waals surface area contributed by atoms with Gasteiger partial charge in [-0.15, -0.1) is 0 Å². The molecule has 1 aliphatic heterocycles. The zero-order valence-electron chi connectivity index (χ0n) is 15.1. The van der Waals surface area contributed by atoms with E-state index in [-0.39, 0.29) is 0 Å². The van der Waals surface area contributed by atoms with Gasteiger partial charge in [0.2, 0.25) is 0 Å². The molecule has 2 N–H and O–H groups in total. The standard InChI is InChI=1S/C23H27ClN2/c24-19-9-5-15(6-10-19)11-16-12-17-7-8-18(13-16)20(17)14-23-25-21-3-1-2-4-22(21)26-23/h1-6,9-10,16-18,20,23,25-26H,7-8,11-14H2. The number of rotatable bonds is 4. The topological polar surface area (TPSA) is 24.1 Å². The van der Waals surface area contributed by atoms with Crippen LogP contribution in [0.1, 0.15) is 37.7 Å². The van der Waals surface area contributed by atoms with Crippen LogP contribution in [0.3, 0.4) is 0 Å². The Morgan fingerprint density at radius 2 is 1.46 bits per heavy atom. The molecule has 136 valence electrons. The lowest BCUT2D eigenvalue weighted by atomic mass is 9.70. The van der Waals surface area contributed by atoms with Gasteiger partial charge in [-0.3, -0.25) is 0 Å². The minimum Gasteiger partial charge on any atom is -0.364 e. The molecule has 3 heteroatoms. The second-order valence-corrected chi connectivity index (χ2v) is 8.99. The summed E-state index contributed by atoms with van der Waals surface area (Å²) in [5, 5.41) is 8.21. The average Bonchev–Trinajstić information content (AvgIpc) is 3.15. The minimum absolute atomic E-state index is 0.410. The molecule has 26 heavy (non-hydrogen) atoms. The molecule has 2 aliphatic carbocycles. The molecular weight excluding hydrogens is 340 g/mol. The Bertz CT molecular complexity index is 733. The molecule has 0 spiro atoms. The maximum Gasteiger partial charge on any atom is 0.0967 e. The lowest BCUT2D eigenvalue weighted by Crippen LogP contribution is -2.33. The number of hydrogen-bond acceptors (Lipinski definition) is 2. The van der Waals surface area contributed by atoms with Crippen molar-refractivity contribution in [2.24, 2.45) is 23.7 Å². The van der Waals surface area contributed by atoms with Crippen LogP contribution in [0.4, 0.5) is 11.4 Å². The van der Waals surface area contributed by atoms with Crippen LogP contribution in [0.5, 0.6) is 0 Å². The summed E-state index contributed by atoms with van der Waals surface area (Å²) in [6, 6.07) is 17.1. The van der Waals surface area contributed by atoms with Gasteiger partial charge in [0, 0.05) is 5.02 Å². The first-order chi connectivity index (χ1) is 12.7. The molecule has 5 rings (SSSR count). The third-order valence-corrected chi connectivity index (χ3v) is 7.18. The fourth-order valence-electron chi connectivity index (χ4n) is 5.82. The van der Waals surface area contributed by atoms with Crippen molar-refractivity contribution in [2.45, 2.75) is 44.7 Å². The summed E-state index contributed by atoms with van der Waals surface area (Å²) in [5.41, 5.74) is 3.98. The van der Waals surface area contributed by atoms with E-state index in [0.29, 0.717) is 6.17 Å². The maximum atomic E-state index is 6.03. The first-order valence-electron chi connectivity index (χ1n) is 10.1. The van der Waals surface area contributed by atoms with Gasteiger partial charge in [0.15, 0.2) is 0 Å². The predicted octanol–water partition coefficient (Wildman–Crippen LogP) is 6.19. The van der Waals surface area contributed by atoms with Gasteiger partial charge in [-0.2, -0.15) is 0 Å². The second kappa shape index (κ2) is 6.81. The Balaban J connectivity index is 1.21. The van der Waals surface area contributed by atoms with E-state index in [4.69, 9.17) is 11.6 Å². The molecule has 2 unspecified atom stereocenters. The quantitative estimate of drug-likeness (QED) is 0.674. The molecule has 0 amide bonds. The van der Waals surface area contributed by atoms with Gasteiger partial charge in [-0.05, 0) is 92.0 Å². The van der Waals surface area contributed by atoms with Crippen molar-refractivity contribution in [3.05, 3.63) is 59.1 Å². The lowest BCUT2D eigenvalue weighted by molar-refractivity contribution is 0.156. The van der Waals surface area contributed by atoms with Crippen molar-refractivity contribution in [3.8, 4) is 0 Å². The van der Waals surface area contributed by atoms with Crippen LogP contribution < -0.4 is 10.6 Å². The van der Waals surface area contributed by atoms with E-state index in [0.717, 1.165) is 28.7 Å². The first kappa shape index (κ1) is 16.5. The summed E-state index contributed by atoms with van der Waals surface area (Å²) in [6.45, 7) is 0. The van der Waals surface area contributed by atoms with Gasteiger partial charge >= 0.3 is 0 Å². The normalized spacial score (nSPS) is 29.9. The molecule has 0 saturated heterocycles. The summed E-state index contributed by atoms with van der Waals surface area (Å²) < 4.78 is 0. The summed E-state index contributed by atoms with van der Waals surface area (Å²) in [4.78, 5) is 0. The SMILES string of the molecule is Clc1ccc(CC2CC3CCC(C2)C3CC2Nc3ccccc3N2)cc1. The van der Waals surface area contributed by atoms with Gasteiger partial charge in [-0.1, -0.05) is 35.9 Å². The number of para-hydroxylation sites is 2. The van der Waals surface area contributed by atoms with Crippen LogP contribution in [-0.4, -0.2) is 6.17 Å². The molecule has 0 radical (unpaired) electrons. The van der Waals surface area contributed by atoms with E-state index < -0.39 is 0 Å². The highest BCUT2D eigenvalue weighted by Gasteiger charge is 2.43. The fraction of sp³-hybridized carbons (Fsp3) is 0.478. The molecule has 2 aromatic rings. The molecule has 2 atom stereocenters. The number of benzene rings is 2. The highest BCUT2D eigenvalue weighted by atomic mass is 35.5. The molecule has 0 aromatic heterocycles. The van der Waals surface area contributed by atoms with Crippen molar-refractivity contribution in [2.75, 3.05) is 10.6 Å². The molecule has 2 aromatic carbocycles. The summed E-state index contributed by atoms with van der Waals surface area (Å²) in [5.74, 6) is 3.57. The number of halogens is 1. The highest BCUT2D eigenvalue weighted by Crippen LogP contribution is 2.52. The van der Waals surface area contributed by atoms with Crippen LogP contribution in [-0.2, 0) is 6.42 Å². The maximum absolute atomic E-state index is 6.03. The molecule has 2 saturated carbocycles. The van der Waals surface area contributed by atoms with Crippen molar-refractivity contribution in [1.82, 2.24) is 0 Å². The summed E-state index contributed by atoms with van der Waals surface area (Å²) in [6.07, 6.45) is 8.58. The van der Waals surface area contributed by atoms with E-state index in [2.05, 4.69) is 47.0 Å². The largest absolute Gasteiger partial charge is 0.364 e. The average molecular weight is 367 g/mol. The molecule has 2 fully saturated rings. The Kier molecular flexibility index (Phi) is 4.32. The number of nitrogens with one attached hydrogen (secondary N) is 2. The van der Waals surface area contributed by atoms with E-state index in [9.17, 15) is 0 Å². The Morgan fingerprint density at radius 1 is 0.846 bits per heavy atom. The summed E-state index contributed by atoms with van der Waals surface area (Å²) in [7, 11) is 0. The fourth-order valence-corrected chi connectivity index (χ4v) is 5.95. The van der Waals surface area contributed by atoms with Crippen LogP contribution in [0.15, 0.2) is 48.5 Å². The first-order valence-corrected chi connectivity index (χ1v) is 10.5. The second-order valence-electron chi connectivity index (χ2n) is 8.55. The number of anilines is 2. The summed E-state index contributed by atoms with van der Waals surface area (Å²) >= 11 is 6.03. The monoisotopic (exact) mass is 366 g/mol. The third-order valence-electron chi connectivity index (χ3n) is 6.92. The van der Waals surface area contributed by atoms with E-state index in [1.807, 2.05) is 12.1 Å². The predicted molar refractivity (Wildman–Crippen MR) is 110 cm³/mol. The van der Waals surface area contributed by atoms with Crippen LogP contribution in [0.2, 0.25) is 5.02 Å². The molecule has 3 aliphatic rings. The Labute approximate surface area is 161 Å². The van der Waals surface area contributed by atoms with Gasteiger partial charge in [0.25, 0.3) is 0 Å². The van der Waals surface area contributed by atoms with E-state index in [1.54, 1.807) is 0 Å². The molecular formula is C23H27ClN2. The minimum atomic E-state index is 0.410. The van der Waals surface area contributed by atoms with Crippen molar-refractivity contribution < 1.29 is 0 Å². The van der Waals surface area contributed by atoms with E-state index >= 15 is 0 Å². The van der Waals surface area contributed by atoms with Crippen molar-refractivity contribution in [3.63, 3.8) is 0 Å². The van der Waals surface area contributed by atoms with E-state index in [1.165, 1.54) is 55.5 Å². The van der Waals surface area contributed by atoms with Crippen LogP contribution in [0.25, 0.3) is 0 Å². The van der Waals surface area contributed by atoms with Crippen LogP contribution in [0, 0.1) is 23.7 Å². The highest BCUT2D eigenvalue weighted by molar-refractivity contribution is 6.30. The van der Waals surface area contributed by atoms with Gasteiger partial charge in [0.1, 0.15) is 0 Å². The zero-order chi connectivity index (χ0) is 17.5. The van der Waals surface area contributed by atoms with Gasteiger partial charge in [0.05, 0.1) is 17.5 Å². The number of hydrogen-bond donors (Lipinski definition) is 2.